The number of aliphatic hydroxyl groups excluding tert-OH is 2. The summed E-state index contributed by atoms with van der Waals surface area (Å²) in [7, 11) is 0. The molecule has 4 rings (SSSR count). The first-order valence-corrected chi connectivity index (χ1v) is 23.9. The zero-order valence-electron chi connectivity index (χ0n) is 37.8. The fourth-order valence-corrected chi connectivity index (χ4v) is 12.2. The van der Waals surface area contributed by atoms with Gasteiger partial charge in [0.1, 0.15) is 0 Å². The molecule has 7 heteroatoms. The van der Waals surface area contributed by atoms with Crippen molar-refractivity contribution in [2.75, 3.05) is 26.3 Å². The smallest absolute Gasteiger partial charge is 0.220 e. The van der Waals surface area contributed by atoms with E-state index >= 15 is 0 Å². The minimum absolute atomic E-state index is 0.0268. The summed E-state index contributed by atoms with van der Waals surface area (Å²) in [6, 6.07) is 0. The van der Waals surface area contributed by atoms with Gasteiger partial charge in [-0.05, 0) is 149 Å². The van der Waals surface area contributed by atoms with Crippen molar-refractivity contribution >= 4 is 11.8 Å². The van der Waals surface area contributed by atoms with Crippen molar-refractivity contribution in [2.45, 2.75) is 162 Å². The molecule has 0 bridgehead atoms. The van der Waals surface area contributed by atoms with E-state index in [4.69, 9.17) is 4.74 Å². The van der Waals surface area contributed by atoms with Crippen molar-refractivity contribution in [3.05, 3.63) is 72.9 Å². The molecule has 2 amide bonds. The second-order valence-corrected chi connectivity index (χ2v) is 18.9. The summed E-state index contributed by atoms with van der Waals surface area (Å²) in [6.45, 7) is 13.6. The first-order valence-electron chi connectivity index (χ1n) is 23.9. The summed E-state index contributed by atoms with van der Waals surface area (Å²) in [6.07, 6.45) is 42.8. The maximum atomic E-state index is 12.8. The summed E-state index contributed by atoms with van der Waals surface area (Å²) in [5.74, 6) is 3.31. The van der Waals surface area contributed by atoms with E-state index in [9.17, 15) is 19.8 Å². The molecular formula is C52H84N2O5. The highest BCUT2D eigenvalue weighted by atomic mass is 16.5. The fourth-order valence-electron chi connectivity index (χ4n) is 12.2. The summed E-state index contributed by atoms with van der Waals surface area (Å²) >= 11 is 0. The van der Waals surface area contributed by atoms with Gasteiger partial charge in [-0.3, -0.25) is 9.59 Å². The van der Waals surface area contributed by atoms with Gasteiger partial charge >= 0.3 is 0 Å². The second kappa shape index (κ2) is 25.9. The number of rotatable bonds is 25. The molecule has 0 heterocycles. The van der Waals surface area contributed by atoms with Crippen molar-refractivity contribution in [1.29, 1.82) is 0 Å². The van der Waals surface area contributed by atoms with Gasteiger partial charge in [0.2, 0.25) is 11.8 Å². The summed E-state index contributed by atoms with van der Waals surface area (Å²) in [4.78, 5) is 25.0. The van der Waals surface area contributed by atoms with Crippen LogP contribution < -0.4 is 10.6 Å². The average Bonchev–Trinajstić information content (AvgIpc) is 3.58. The molecule has 4 aliphatic carbocycles. The molecule has 1 unspecified atom stereocenters. The number of carbonyl (C=O) groups excluding carboxylic acids is 2. The Bertz CT molecular complexity index is 1430. The van der Waals surface area contributed by atoms with Crippen LogP contribution in [0.15, 0.2) is 72.9 Å². The summed E-state index contributed by atoms with van der Waals surface area (Å²) in [5.41, 5.74) is 0.437. The zero-order chi connectivity index (χ0) is 42.5. The Morgan fingerprint density at radius 2 is 1.20 bits per heavy atom. The highest BCUT2D eigenvalue weighted by Gasteiger charge is 2.64. The Morgan fingerprint density at radius 1 is 0.678 bits per heavy atom. The molecular weight excluding hydrogens is 733 g/mol. The highest BCUT2D eigenvalue weighted by molar-refractivity contribution is 5.76. The van der Waals surface area contributed by atoms with E-state index in [2.05, 4.69) is 118 Å². The first-order chi connectivity index (χ1) is 28.6. The molecule has 4 fully saturated rings. The third-order valence-corrected chi connectivity index (χ3v) is 15.2. The van der Waals surface area contributed by atoms with Crippen LogP contribution in [0.5, 0.6) is 0 Å². The summed E-state index contributed by atoms with van der Waals surface area (Å²) < 4.78 is 5.68. The van der Waals surface area contributed by atoms with E-state index in [0.29, 0.717) is 74.7 Å². The van der Waals surface area contributed by atoms with Gasteiger partial charge < -0.3 is 25.6 Å². The Labute approximate surface area is 359 Å². The van der Waals surface area contributed by atoms with Gasteiger partial charge in [-0.15, -0.1) is 0 Å². The Morgan fingerprint density at radius 3 is 1.78 bits per heavy atom. The van der Waals surface area contributed by atoms with E-state index < -0.39 is 0 Å². The maximum absolute atomic E-state index is 12.8. The van der Waals surface area contributed by atoms with E-state index in [-0.39, 0.29) is 40.8 Å². The molecule has 0 radical (unpaired) electrons. The molecule has 0 saturated heterocycles. The number of nitrogens with one attached hydrogen (secondary N) is 2. The summed E-state index contributed by atoms with van der Waals surface area (Å²) in [5, 5.41) is 28.5. The molecule has 59 heavy (non-hydrogen) atoms. The maximum Gasteiger partial charge on any atom is 0.220 e. The van der Waals surface area contributed by atoms with E-state index in [1.165, 1.54) is 25.7 Å². The topological polar surface area (TPSA) is 108 Å². The van der Waals surface area contributed by atoms with E-state index in [1.807, 2.05) is 0 Å². The van der Waals surface area contributed by atoms with Gasteiger partial charge in [-0.2, -0.15) is 0 Å². The first kappa shape index (κ1) is 48.9. The van der Waals surface area contributed by atoms with Gasteiger partial charge in [0, 0.05) is 25.9 Å². The van der Waals surface area contributed by atoms with Gasteiger partial charge in [-0.25, -0.2) is 0 Å². The lowest BCUT2D eigenvalue weighted by Crippen LogP contribution is -2.62. The lowest BCUT2D eigenvalue weighted by atomic mass is 9.41. The van der Waals surface area contributed by atoms with Crippen LogP contribution in [-0.2, 0) is 14.3 Å². The molecule has 4 saturated carbocycles. The van der Waals surface area contributed by atoms with Crippen LogP contribution >= 0.6 is 0 Å². The highest BCUT2D eigenvalue weighted by Crippen LogP contribution is 2.69. The number of aliphatic hydroxyl groups is 2. The predicted molar refractivity (Wildman–Crippen MR) is 244 cm³/mol. The number of carbonyl (C=O) groups is 2. The Hall–Kier alpha value is -2.74. The quantitative estimate of drug-likeness (QED) is 0.0542. The standard InChI is InChI=1S/C52H84N2O5/c1-6-8-9-10-11-12-13-14-15-16-17-18-19-20-21-22-23-24-25-26-47(56)53-35-37-59-38-36-54-48(57)30-27-40(3)43-28-29-44-49-45(32-34-51(43,44)4)52(5)33-31-41(55)39-46(52)42(7-2)50(49)58/h8-9,11-12,14-15,17-18,20-21,23-24,40-46,49-50,55,58H,6-7,10,13,16,19,22,25-39H2,1-5H3,(H,53,56)(H,54,57)/t40-,41-,42-,43?,44+,45+,46+,49+,50-,51-,52-/m1/s1. The largest absolute Gasteiger partial charge is 0.393 e. The molecule has 0 aromatic carbocycles. The third kappa shape index (κ3) is 14.4. The van der Waals surface area contributed by atoms with E-state index in [1.54, 1.807) is 0 Å². The van der Waals surface area contributed by atoms with Gasteiger partial charge in [0.05, 0.1) is 25.4 Å². The van der Waals surface area contributed by atoms with Crippen LogP contribution in [0.1, 0.15) is 150 Å². The molecule has 11 atom stereocenters. The fraction of sp³-hybridized carbons (Fsp3) is 0.731. The minimum Gasteiger partial charge on any atom is -0.393 e. The van der Waals surface area contributed by atoms with Crippen molar-refractivity contribution < 1.29 is 24.5 Å². The van der Waals surface area contributed by atoms with Gasteiger partial charge in [-0.1, -0.05) is 114 Å². The predicted octanol–water partition coefficient (Wildman–Crippen LogP) is 10.8. The molecule has 0 aromatic heterocycles. The minimum atomic E-state index is -0.268. The van der Waals surface area contributed by atoms with Crippen LogP contribution in [0.3, 0.4) is 0 Å². The second-order valence-electron chi connectivity index (χ2n) is 18.9. The number of fused-ring (bicyclic) bond motifs is 5. The molecule has 7 nitrogen and oxygen atoms in total. The van der Waals surface area contributed by atoms with Crippen LogP contribution in [0.25, 0.3) is 0 Å². The van der Waals surface area contributed by atoms with Gasteiger partial charge in [0.15, 0.2) is 0 Å². The lowest BCUT2D eigenvalue weighted by Gasteiger charge is -2.64. The zero-order valence-corrected chi connectivity index (χ0v) is 37.8. The number of hydrogen-bond acceptors (Lipinski definition) is 5. The van der Waals surface area contributed by atoms with Crippen LogP contribution in [0, 0.1) is 52.3 Å². The Balaban J connectivity index is 1.00. The van der Waals surface area contributed by atoms with Crippen molar-refractivity contribution in [2.24, 2.45) is 52.3 Å². The number of amides is 2. The molecule has 0 aliphatic heterocycles. The Kier molecular flexibility index (Phi) is 21.5. The molecule has 0 spiro atoms. The third-order valence-electron chi connectivity index (χ3n) is 15.2. The van der Waals surface area contributed by atoms with Crippen LogP contribution in [0.2, 0.25) is 0 Å². The average molecular weight is 817 g/mol. The van der Waals surface area contributed by atoms with E-state index in [0.717, 1.165) is 77.0 Å². The monoisotopic (exact) mass is 817 g/mol. The van der Waals surface area contributed by atoms with Crippen molar-refractivity contribution in [3.63, 3.8) is 0 Å². The van der Waals surface area contributed by atoms with Crippen LogP contribution in [-0.4, -0.2) is 60.5 Å². The molecule has 4 N–H and O–H groups in total. The molecule has 332 valence electrons. The van der Waals surface area contributed by atoms with Crippen molar-refractivity contribution in [1.82, 2.24) is 10.6 Å². The van der Waals surface area contributed by atoms with Crippen LogP contribution in [0.4, 0.5) is 0 Å². The number of ether oxygens (including phenoxy) is 1. The number of allylic oxidation sites excluding steroid dienone is 12. The van der Waals surface area contributed by atoms with Crippen molar-refractivity contribution in [3.8, 4) is 0 Å². The SMILES string of the molecule is CCC=CCC=CCC=CCC=CCC=CCC=CCCC(=O)NCCOCCNC(=O)CC[C@@H](C)C1CC[C@H]2[C@@H]3[C@H](O)[C@H](CC)[C@@H]4C[C@H](O)CC[C@]4(C)[C@H]3CC[C@]12C. The molecule has 0 aromatic rings. The lowest BCUT2D eigenvalue weighted by molar-refractivity contribution is -0.203. The normalized spacial score (nSPS) is 32.7. The number of hydrogen-bond donors (Lipinski definition) is 4. The molecule has 4 aliphatic rings. The van der Waals surface area contributed by atoms with Gasteiger partial charge in [0.25, 0.3) is 0 Å².